The topological polar surface area (TPSA) is 0 Å². The molecular formula is C18H22Cl2Zr. The molecule has 0 atom stereocenters. The van der Waals surface area contributed by atoms with Crippen molar-refractivity contribution in [1.29, 1.82) is 0 Å². The molecule has 0 aromatic heterocycles. The zero-order valence-electron chi connectivity index (χ0n) is 12.7. The van der Waals surface area contributed by atoms with Crippen LogP contribution in [0, 0.1) is 13.0 Å². The summed E-state index contributed by atoms with van der Waals surface area (Å²) in [6.45, 7) is 6.39. The average Bonchev–Trinajstić information content (AvgIpc) is 3.03. The second-order valence-electron chi connectivity index (χ2n) is 4.61. The van der Waals surface area contributed by atoms with Crippen molar-refractivity contribution in [1.82, 2.24) is 0 Å². The minimum absolute atomic E-state index is 0. The van der Waals surface area contributed by atoms with Gasteiger partial charge in [-0.3, -0.25) is 6.08 Å². The van der Waals surface area contributed by atoms with Gasteiger partial charge in [0.05, 0.1) is 0 Å². The maximum atomic E-state index is 2.99. The van der Waals surface area contributed by atoms with Crippen LogP contribution in [0.1, 0.15) is 25.8 Å². The largest absolute Gasteiger partial charge is 0.273 e. The molecule has 0 radical (unpaired) electrons. The van der Waals surface area contributed by atoms with E-state index in [-0.39, 0.29) is 24.8 Å². The van der Waals surface area contributed by atoms with Crippen molar-refractivity contribution in [3.05, 3.63) is 66.3 Å². The molecule has 0 spiro atoms. The van der Waals surface area contributed by atoms with Crippen molar-refractivity contribution in [2.45, 2.75) is 27.2 Å². The van der Waals surface area contributed by atoms with E-state index in [9.17, 15) is 0 Å². The van der Waals surface area contributed by atoms with E-state index >= 15 is 0 Å². The molecule has 0 saturated carbocycles. The summed E-state index contributed by atoms with van der Waals surface area (Å²) in [6, 6.07) is 12.8. The van der Waals surface area contributed by atoms with Crippen LogP contribution >= 0.6 is 24.8 Å². The van der Waals surface area contributed by atoms with Crippen molar-refractivity contribution in [3.63, 3.8) is 0 Å². The first-order chi connectivity index (χ1) is 9.11. The zero-order chi connectivity index (χ0) is 14.1. The van der Waals surface area contributed by atoms with Gasteiger partial charge in [-0.25, -0.2) is 12.2 Å². The number of fused-ring (bicyclic) bond motifs is 1. The van der Waals surface area contributed by atoms with Crippen LogP contribution in [-0.2, 0) is 24.2 Å². The van der Waals surface area contributed by atoms with Crippen LogP contribution in [0.4, 0.5) is 0 Å². The summed E-state index contributed by atoms with van der Waals surface area (Å²) in [6.07, 6.45) is 10.0. The summed E-state index contributed by atoms with van der Waals surface area (Å²) >= 11 is 1.55. The second kappa shape index (κ2) is 13.3. The Morgan fingerprint density at radius 3 is 2.24 bits per heavy atom. The number of rotatable bonds is 0. The van der Waals surface area contributed by atoms with E-state index in [2.05, 4.69) is 69.3 Å². The van der Waals surface area contributed by atoms with Crippen LogP contribution in [0.5, 0.6) is 0 Å². The first-order valence-electron chi connectivity index (χ1n) is 6.46. The molecule has 1 aliphatic carbocycles. The van der Waals surface area contributed by atoms with Crippen molar-refractivity contribution in [2.24, 2.45) is 0 Å². The molecule has 112 valence electrons. The van der Waals surface area contributed by atoms with Gasteiger partial charge in [0.1, 0.15) is 0 Å². The van der Waals surface area contributed by atoms with Gasteiger partial charge < -0.3 is 0 Å². The predicted molar refractivity (Wildman–Crippen MR) is 96.7 cm³/mol. The van der Waals surface area contributed by atoms with Gasteiger partial charge in [0.15, 0.2) is 0 Å². The van der Waals surface area contributed by atoms with Crippen LogP contribution in [0.15, 0.2) is 54.6 Å². The molecule has 0 amide bonds. The molecule has 0 aliphatic heterocycles. The Bertz CT molecular complexity index is 566. The Labute approximate surface area is 155 Å². The normalized spacial score (nSPS) is 10.5. The van der Waals surface area contributed by atoms with E-state index in [0.29, 0.717) is 0 Å². The number of aryl methyl sites for hydroxylation is 1. The molecule has 3 rings (SSSR count). The molecule has 1 aliphatic rings. The Morgan fingerprint density at radius 1 is 1.19 bits per heavy atom. The predicted octanol–water partition coefficient (Wildman–Crippen LogP) is 5.76. The Morgan fingerprint density at radius 2 is 1.81 bits per heavy atom. The summed E-state index contributed by atoms with van der Waals surface area (Å²) in [4.78, 5) is 0. The van der Waals surface area contributed by atoms with E-state index in [1.165, 1.54) is 19.5 Å². The third kappa shape index (κ3) is 10.1. The molecule has 0 N–H and O–H groups in total. The van der Waals surface area contributed by atoms with E-state index in [0.717, 1.165) is 6.42 Å². The van der Waals surface area contributed by atoms with Gasteiger partial charge in [0.2, 0.25) is 0 Å². The van der Waals surface area contributed by atoms with E-state index in [4.69, 9.17) is 0 Å². The van der Waals surface area contributed by atoms with E-state index < -0.39 is 0 Å². The van der Waals surface area contributed by atoms with Gasteiger partial charge in [-0.05, 0) is 0 Å². The number of halogens is 2. The average molecular weight is 401 g/mol. The first-order valence-corrected chi connectivity index (χ1v) is 7.68. The minimum Gasteiger partial charge on any atom is -0.273 e. The van der Waals surface area contributed by atoms with Gasteiger partial charge in [-0.2, -0.15) is 17.7 Å². The smallest absolute Gasteiger partial charge is 0.0809 e. The zero-order valence-corrected chi connectivity index (χ0v) is 16.8. The standard InChI is InChI=1S/C10H9.C5H5.C3H6.2ClH.Zr/c1-8-6-7-9-4-2-3-5-10(8)9;1-2-4-5-3-1;1-3-2;;;/h2-7H,1H3;1-3H,4H2;1-2H3;2*1H;/q2*-1;;;;+2. The molecular weight excluding hydrogens is 378 g/mol. The fourth-order valence-corrected chi connectivity index (χ4v) is 1.65. The van der Waals surface area contributed by atoms with Gasteiger partial charge in [-0.15, -0.1) is 66.3 Å². The maximum Gasteiger partial charge on any atom is -0.0809 e. The molecule has 3 heteroatoms. The van der Waals surface area contributed by atoms with Crippen LogP contribution in [-0.4, -0.2) is 3.21 Å². The number of benzene rings is 1. The molecule has 21 heavy (non-hydrogen) atoms. The Hall–Kier alpha value is -0.357. The maximum absolute atomic E-state index is 2.99. The van der Waals surface area contributed by atoms with Crippen molar-refractivity contribution in [2.75, 3.05) is 0 Å². The molecule has 0 saturated heterocycles. The Kier molecular flexibility index (Phi) is 14.5. The minimum atomic E-state index is 0. The molecule has 0 heterocycles. The third-order valence-electron chi connectivity index (χ3n) is 2.48. The number of hydrogen-bond donors (Lipinski definition) is 0. The molecule has 0 fully saturated rings. The van der Waals surface area contributed by atoms with Crippen LogP contribution in [0.25, 0.3) is 10.8 Å². The first kappa shape index (κ1) is 22.9. The molecule has 0 unspecified atom stereocenters. The fourth-order valence-electron chi connectivity index (χ4n) is 1.65. The van der Waals surface area contributed by atoms with Crippen LogP contribution < -0.4 is 0 Å². The summed E-state index contributed by atoms with van der Waals surface area (Å²) in [5, 5.41) is 2.72. The van der Waals surface area contributed by atoms with E-state index in [1.54, 1.807) is 24.2 Å². The Balaban J connectivity index is 0. The molecule has 2 aromatic carbocycles. The fraction of sp³-hybridized carbons (Fsp3) is 0.222. The van der Waals surface area contributed by atoms with E-state index in [1.807, 2.05) is 12.2 Å². The van der Waals surface area contributed by atoms with Crippen LogP contribution in [0.2, 0.25) is 0 Å². The number of hydrogen-bond acceptors (Lipinski definition) is 0. The summed E-state index contributed by atoms with van der Waals surface area (Å²) in [5.41, 5.74) is 1.37. The summed E-state index contributed by atoms with van der Waals surface area (Å²) in [5.74, 6) is 0. The molecule has 0 nitrogen and oxygen atoms in total. The second-order valence-corrected chi connectivity index (χ2v) is 7.06. The summed E-state index contributed by atoms with van der Waals surface area (Å²) < 4.78 is 1.51. The van der Waals surface area contributed by atoms with Gasteiger partial charge >= 0.3 is 41.3 Å². The van der Waals surface area contributed by atoms with Gasteiger partial charge in [0, 0.05) is 0 Å². The monoisotopic (exact) mass is 398 g/mol. The molecule has 2 aromatic rings. The molecule has 0 bridgehead atoms. The number of allylic oxidation sites excluding steroid dienone is 4. The SMILES string of the molecule is C[C](C)=[Zr+2].Cc1c[cH-]c2ccccc12.Cl.Cl.[C-]1=CC=CC1. The van der Waals surface area contributed by atoms with Crippen LogP contribution in [0.3, 0.4) is 0 Å². The summed E-state index contributed by atoms with van der Waals surface area (Å²) in [7, 11) is 0. The van der Waals surface area contributed by atoms with Gasteiger partial charge in [-0.1, -0.05) is 13.0 Å². The van der Waals surface area contributed by atoms with Crippen molar-refractivity contribution < 1.29 is 24.2 Å². The quantitative estimate of drug-likeness (QED) is 0.493. The van der Waals surface area contributed by atoms with Gasteiger partial charge in [0.25, 0.3) is 0 Å². The third-order valence-corrected chi connectivity index (χ3v) is 2.48. The van der Waals surface area contributed by atoms with Crippen molar-refractivity contribution >= 4 is 38.8 Å². The van der Waals surface area contributed by atoms with Crippen molar-refractivity contribution in [3.8, 4) is 0 Å².